The maximum Gasteiger partial charge on any atom is 0.253 e. The molecule has 0 spiro atoms. The lowest BCUT2D eigenvalue weighted by Crippen LogP contribution is -2.38. The Morgan fingerprint density at radius 1 is 1.29 bits per heavy atom. The summed E-state index contributed by atoms with van der Waals surface area (Å²) in [5.74, 6) is 0.774. The lowest BCUT2D eigenvalue weighted by Gasteiger charge is -2.32. The van der Waals surface area contributed by atoms with Gasteiger partial charge in [0.15, 0.2) is 0 Å². The molecule has 1 aromatic rings. The Kier molecular flexibility index (Phi) is 7.82. The van der Waals surface area contributed by atoms with Crippen molar-refractivity contribution in [1.29, 1.82) is 0 Å². The molecule has 2 rings (SSSR count). The average molecular weight is 352 g/mol. The van der Waals surface area contributed by atoms with Crippen LogP contribution in [0.25, 0.3) is 0 Å². The van der Waals surface area contributed by atoms with Crippen LogP contribution in [0, 0.1) is 5.92 Å². The first kappa shape index (κ1) is 18.6. The number of hydrogen-bond acceptors (Lipinski definition) is 2. The average Bonchev–Trinajstić information content (AvgIpc) is 2.48. The number of rotatable bonds is 4. The number of nitrogens with one attached hydrogen (secondary N) is 1. The predicted molar refractivity (Wildman–Crippen MR) is 90.9 cm³/mol. The minimum absolute atomic E-state index is 0. The van der Waals surface area contributed by atoms with Gasteiger partial charge in [0.1, 0.15) is 0 Å². The SMILES string of the molecule is CNCCC1CCN(C(=O)c2ccc(Cl)c(Cl)c2)CC1.Cl. The van der Waals surface area contributed by atoms with Gasteiger partial charge in [0.2, 0.25) is 0 Å². The summed E-state index contributed by atoms with van der Waals surface area (Å²) in [5, 5.41) is 4.09. The molecular formula is C15H21Cl3N2O. The molecule has 118 valence electrons. The Morgan fingerprint density at radius 2 is 1.95 bits per heavy atom. The van der Waals surface area contributed by atoms with Gasteiger partial charge >= 0.3 is 0 Å². The van der Waals surface area contributed by atoms with Crippen molar-refractivity contribution in [3.05, 3.63) is 33.8 Å². The molecule has 0 bridgehead atoms. The predicted octanol–water partition coefficient (Wildman–Crippen LogP) is 3.88. The summed E-state index contributed by atoms with van der Waals surface area (Å²) in [6.07, 6.45) is 3.34. The number of piperidine rings is 1. The quantitative estimate of drug-likeness (QED) is 0.893. The monoisotopic (exact) mass is 350 g/mol. The van der Waals surface area contributed by atoms with Gasteiger partial charge in [-0.3, -0.25) is 4.79 Å². The fraction of sp³-hybridized carbons (Fsp3) is 0.533. The standard InChI is InChI=1S/C15H20Cl2N2O.ClH/c1-18-7-4-11-5-8-19(9-6-11)15(20)12-2-3-13(16)14(17)10-12;/h2-3,10-11,18H,4-9H2,1H3;1H. The number of carbonyl (C=O) groups is 1. The first-order valence-corrected chi connectivity index (χ1v) is 7.76. The second kappa shape index (κ2) is 8.84. The van der Waals surface area contributed by atoms with E-state index in [1.807, 2.05) is 11.9 Å². The molecule has 1 amide bonds. The Labute approximate surface area is 142 Å². The minimum Gasteiger partial charge on any atom is -0.339 e. The highest BCUT2D eigenvalue weighted by atomic mass is 35.5. The molecule has 0 saturated carbocycles. The highest BCUT2D eigenvalue weighted by Gasteiger charge is 2.23. The molecule has 1 aliphatic rings. The fourth-order valence-corrected chi connectivity index (χ4v) is 2.88. The van der Waals surface area contributed by atoms with E-state index in [0.717, 1.165) is 38.4 Å². The highest BCUT2D eigenvalue weighted by Crippen LogP contribution is 2.25. The van der Waals surface area contributed by atoms with Crippen LogP contribution >= 0.6 is 35.6 Å². The van der Waals surface area contributed by atoms with Crippen LogP contribution in [0.1, 0.15) is 29.6 Å². The van der Waals surface area contributed by atoms with Gasteiger partial charge in [0.05, 0.1) is 10.0 Å². The lowest BCUT2D eigenvalue weighted by atomic mass is 9.93. The van der Waals surface area contributed by atoms with Crippen LogP contribution in [0.3, 0.4) is 0 Å². The van der Waals surface area contributed by atoms with Crippen molar-refractivity contribution in [2.75, 3.05) is 26.7 Å². The van der Waals surface area contributed by atoms with Crippen molar-refractivity contribution in [3.63, 3.8) is 0 Å². The Hall–Kier alpha value is -0.480. The molecule has 0 atom stereocenters. The van der Waals surface area contributed by atoms with Crippen molar-refractivity contribution in [2.45, 2.75) is 19.3 Å². The summed E-state index contributed by atoms with van der Waals surface area (Å²) >= 11 is 11.8. The van der Waals surface area contributed by atoms with Gasteiger partial charge in [-0.1, -0.05) is 23.2 Å². The molecular weight excluding hydrogens is 331 g/mol. The number of carbonyl (C=O) groups excluding carboxylic acids is 1. The molecule has 1 heterocycles. The molecule has 21 heavy (non-hydrogen) atoms. The van der Waals surface area contributed by atoms with Crippen LogP contribution in [-0.4, -0.2) is 37.5 Å². The second-order valence-corrected chi connectivity index (χ2v) is 6.07. The number of hydrogen-bond donors (Lipinski definition) is 1. The van der Waals surface area contributed by atoms with E-state index >= 15 is 0 Å². The van der Waals surface area contributed by atoms with Gasteiger partial charge in [-0.25, -0.2) is 0 Å². The molecule has 0 unspecified atom stereocenters. The molecule has 1 aromatic carbocycles. The molecule has 3 nitrogen and oxygen atoms in total. The maximum atomic E-state index is 12.4. The molecule has 1 aliphatic heterocycles. The van der Waals surface area contributed by atoms with Gasteiger partial charge < -0.3 is 10.2 Å². The molecule has 1 saturated heterocycles. The summed E-state index contributed by atoms with van der Waals surface area (Å²) < 4.78 is 0. The summed E-state index contributed by atoms with van der Waals surface area (Å²) in [6, 6.07) is 5.07. The van der Waals surface area contributed by atoms with E-state index in [2.05, 4.69) is 5.32 Å². The minimum atomic E-state index is 0. The van der Waals surface area contributed by atoms with E-state index < -0.39 is 0 Å². The van der Waals surface area contributed by atoms with Crippen LogP contribution in [0.2, 0.25) is 10.0 Å². The molecule has 0 aromatic heterocycles. The number of benzene rings is 1. The summed E-state index contributed by atoms with van der Waals surface area (Å²) in [6.45, 7) is 2.70. The number of nitrogens with zero attached hydrogens (tertiary/aromatic N) is 1. The van der Waals surface area contributed by atoms with E-state index in [4.69, 9.17) is 23.2 Å². The third-order valence-electron chi connectivity index (χ3n) is 3.87. The van der Waals surface area contributed by atoms with Gasteiger partial charge in [0.25, 0.3) is 5.91 Å². The second-order valence-electron chi connectivity index (χ2n) is 5.26. The zero-order valence-corrected chi connectivity index (χ0v) is 14.4. The molecule has 0 radical (unpaired) electrons. The van der Waals surface area contributed by atoms with E-state index in [1.54, 1.807) is 18.2 Å². The number of likely N-dealkylation sites (tertiary alicyclic amines) is 1. The lowest BCUT2D eigenvalue weighted by molar-refractivity contribution is 0.0687. The Balaban J connectivity index is 0.00000220. The third-order valence-corrected chi connectivity index (χ3v) is 4.61. The Bertz CT molecular complexity index is 474. The van der Waals surface area contributed by atoms with Crippen molar-refractivity contribution in [1.82, 2.24) is 10.2 Å². The molecule has 6 heteroatoms. The van der Waals surface area contributed by atoms with Gasteiger partial charge in [-0.2, -0.15) is 0 Å². The highest BCUT2D eigenvalue weighted by molar-refractivity contribution is 6.42. The fourth-order valence-electron chi connectivity index (χ4n) is 2.58. The van der Waals surface area contributed by atoms with E-state index in [9.17, 15) is 4.79 Å². The van der Waals surface area contributed by atoms with Crippen LogP contribution < -0.4 is 5.32 Å². The third kappa shape index (κ3) is 5.03. The van der Waals surface area contributed by atoms with E-state index in [-0.39, 0.29) is 18.3 Å². The maximum absolute atomic E-state index is 12.4. The largest absolute Gasteiger partial charge is 0.339 e. The van der Waals surface area contributed by atoms with Crippen molar-refractivity contribution >= 4 is 41.5 Å². The zero-order valence-electron chi connectivity index (χ0n) is 12.1. The first-order chi connectivity index (χ1) is 9.61. The van der Waals surface area contributed by atoms with Crippen LogP contribution in [-0.2, 0) is 0 Å². The van der Waals surface area contributed by atoms with Gasteiger partial charge in [-0.15, -0.1) is 12.4 Å². The van der Waals surface area contributed by atoms with Crippen molar-refractivity contribution < 1.29 is 4.79 Å². The molecule has 0 aliphatic carbocycles. The number of halogens is 3. The topological polar surface area (TPSA) is 32.3 Å². The Morgan fingerprint density at radius 3 is 2.52 bits per heavy atom. The smallest absolute Gasteiger partial charge is 0.253 e. The van der Waals surface area contributed by atoms with Crippen LogP contribution in [0.15, 0.2) is 18.2 Å². The summed E-state index contributed by atoms with van der Waals surface area (Å²) in [7, 11) is 1.98. The van der Waals surface area contributed by atoms with Gasteiger partial charge in [0, 0.05) is 18.7 Å². The normalized spacial score (nSPS) is 15.7. The van der Waals surface area contributed by atoms with Crippen molar-refractivity contribution in [3.8, 4) is 0 Å². The van der Waals surface area contributed by atoms with Crippen molar-refractivity contribution in [2.24, 2.45) is 5.92 Å². The van der Waals surface area contributed by atoms with Crippen LogP contribution in [0.4, 0.5) is 0 Å². The molecule has 1 fully saturated rings. The summed E-state index contributed by atoms with van der Waals surface area (Å²) in [5.41, 5.74) is 0.619. The van der Waals surface area contributed by atoms with Gasteiger partial charge in [-0.05, 0) is 57.0 Å². The van der Waals surface area contributed by atoms with E-state index in [0.29, 0.717) is 15.6 Å². The molecule has 1 N–H and O–H groups in total. The number of amides is 1. The zero-order chi connectivity index (χ0) is 14.5. The van der Waals surface area contributed by atoms with E-state index in [1.165, 1.54) is 6.42 Å². The first-order valence-electron chi connectivity index (χ1n) is 7.00. The summed E-state index contributed by atoms with van der Waals surface area (Å²) in [4.78, 5) is 14.3. The van der Waals surface area contributed by atoms with Crippen LogP contribution in [0.5, 0.6) is 0 Å².